The van der Waals surface area contributed by atoms with Gasteiger partial charge in [0.05, 0.1) is 0 Å². The molecule has 0 unspecified atom stereocenters. The summed E-state index contributed by atoms with van der Waals surface area (Å²) in [5, 5.41) is 8.86. The number of unbranched alkanes of at least 4 members (excludes halogenated alkanes) is 5. The molecule has 0 aromatic heterocycles. The molecule has 27 heavy (non-hydrogen) atoms. The van der Waals surface area contributed by atoms with Crippen LogP contribution >= 0.6 is 47.0 Å². The molecule has 0 spiro atoms. The third kappa shape index (κ3) is 11.0. The van der Waals surface area contributed by atoms with Gasteiger partial charge in [0.1, 0.15) is 6.17 Å². The van der Waals surface area contributed by atoms with Gasteiger partial charge in [0.2, 0.25) is 9.70 Å². The van der Waals surface area contributed by atoms with Crippen LogP contribution in [0.15, 0.2) is 24.3 Å². The van der Waals surface area contributed by atoms with E-state index >= 15 is 0 Å². The Morgan fingerprint density at radius 1 is 1.11 bits per heavy atom. The Kier molecular flexibility index (Phi) is 11.4. The number of carbonyl (C=O) groups is 1. The third-order valence-corrected chi connectivity index (χ3v) is 4.82. The molecule has 1 aromatic carbocycles. The summed E-state index contributed by atoms with van der Waals surface area (Å²) in [5.41, 5.74) is 1.90. The van der Waals surface area contributed by atoms with Crippen LogP contribution in [-0.2, 0) is 4.79 Å². The van der Waals surface area contributed by atoms with Gasteiger partial charge in [-0.2, -0.15) is 0 Å². The van der Waals surface area contributed by atoms with E-state index in [1.165, 1.54) is 19.3 Å². The Bertz CT molecular complexity index is 608. The highest BCUT2D eigenvalue weighted by atomic mass is 35.6. The average molecular weight is 453 g/mol. The molecule has 0 saturated heterocycles. The summed E-state index contributed by atoms with van der Waals surface area (Å²) in [6.45, 7) is 4.16. The molecule has 8 heteroatoms. The van der Waals surface area contributed by atoms with Crippen molar-refractivity contribution in [3.63, 3.8) is 0 Å². The lowest BCUT2D eigenvalue weighted by molar-refractivity contribution is -0.122. The highest BCUT2D eigenvalue weighted by Gasteiger charge is 2.34. The predicted molar refractivity (Wildman–Crippen MR) is 121 cm³/mol. The lowest BCUT2D eigenvalue weighted by Crippen LogP contribution is -2.56. The van der Waals surface area contributed by atoms with Crippen LogP contribution in [0.4, 0.5) is 5.69 Å². The van der Waals surface area contributed by atoms with Crippen molar-refractivity contribution >= 4 is 63.7 Å². The van der Waals surface area contributed by atoms with Gasteiger partial charge in [-0.25, -0.2) is 0 Å². The van der Waals surface area contributed by atoms with Gasteiger partial charge in [-0.1, -0.05) is 86.0 Å². The molecule has 3 N–H and O–H groups in total. The van der Waals surface area contributed by atoms with Crippen molar-refractivity contribution < 1.29 is 4.79 Å². The fraction of sp³-hybridized carbons (Fsp3) is 0.579. The van der Waals surface area contributed by atoms with Crippen LogP contribution in [0.2, 0.25) is 0 Å². The predicted octanol–water partition coefficient (Wildman–Crippen LogP) is 5.84. The summed E-state index contributed by atoms with van der Waals surface area (Å²) in [6.07, 6.45) is 6.07. The van der Waals surface area contributed by atoms with Gasteiger partial charge in [0.25, 0.3) is 0 Å². The number of amides is 1. The number of carbonyl (C=O) groups excluding carboxylic acids is 1. The summed E-state index contributed by atoms with van der Waals surface area (Å²) in [4.78, 5) is 12.2. The Morgan fingerprint density at radius 3 is 2.41 bits per heavy atom. The number of hydrogen-bond acceptors (Lipinski definition) is 2. The number of nitrogens with one attached hydrogen (secondary N) is 3. The number of rotatable bonds is 10. The lowest BCUT2D eigenvalue weighted by atomic mass is 10.1. The van der Waals surface area contributed by atoms with Gasteiger partial charge in [0, 0.05) is 12.1 Å². The molecule has 0 bridgehead atoms. The van der Waals surface area contributed by atoms with E-state index in [0.717, 1.165) is 30.5 Å². The van der Waals surface area contributed by atoms with E-state index in [1.807, 2.05) is 31.2 Å². The van der Waals surface area contributed by atoms with Crippen molar-refractivity contribution in [1.29, 1.82) is 0 Å². The van der Waals surface area contributed by atoms with Crippen molar-refractivity contribution in [2.45, 2.75) is 68.8 Å². The quantitative estimate of drug-likeness (QED) is 0.180. The van der Waals surface area contributed by atoms with Gasteiger partial charge in [-0.05, 0) is 43.3 Å². The summed E-state index contributed by atoms with van der Waals surface area (Å²) in [6, 6.07) is 7.71. The zero-order chi connectivity index (χ0) is 20.3. The molecule has 1 aromatic rings. The second kappa shape index (κ2) is 12.7. The number of anilines is 1. The molecule has 1 rings (SSSR count). The van der Waals surface area contributed by atoms with E-state index in [2.05, 4.69) is 22.9 Å². The van der Waals surface area contributed by atoms with E-state index in [1.54, 1.807) is 0 Å². The molecule has 0 radical (unpaired) electrons. The van der Waals surface area contributed by atoms with Crippen LogP contribution in [-0.4, -0.2) is 21.0 Å². The number of hydrogen-bond donors (Lipinski definition) is 3. The first-order valence-corrected chi connectivity index (χ1v) is 10.8. The molecule has 0 aliphatic carbocycles. The number of benzene rings is 1. The van der Waals surface area contributed by atoms with E-state index in [-0.39, 0.29) is 11.0 Å². The summed E-state index contributed by atoms with van der Waals surface area (Å²) >= 11 is 23.3. The first-order valence-electron chi connectivity index (χ1n) is 9.22. The van der Waals surface area contributed by atoms with Crippen molar-refractivity contribution in [3.05, 3.63) is 29.8 Å². The van der Waals surface area contributed by atoms with E-state index in [4.69, 9.17) is 47.0 Å². The Labute approximate surface area is 182 Å². The van der Waals surface area contributed by atoms with E-state index < -0.39 is 9.96 Å². The minimum atomic E-state index is -1.74. The van der Waals surface area contributed by atoms with E-state index in [9.17, 15) is 4.79 Å². The number of halogens is 3. The zero-order valence-electron chi connectivity index (χ0n) is 15.8. The Morgan fingerprint density at radius 2 is 1.78 bits per heavy atom. The Balaban J connectivity index is 2.48. The normalized spacial score (nSPS) is 12.3. The topological polar surface area (TPSA) is 53.2 Å². The second-order valence-electron chi connectivity index (χ2n) is 6.53. The van der Waals surface area contributed by atoms with E-state index in [0.29, 0.717) is 6.42 Å². The fourth-order valence-electron chi connectivity index (χ4n) is 2.52. The van der Waals surface area contributed by atoms with Crippen molar-refractivity contribution in [3.8, 4) is 0 Å². The molecule has 152 valence electrons. The van der Waals surface area contributed by atoms with Crippen LogP contribution in [0.5, 0.6) is 0 Å². The number of alkyl halides is 3. The van der Waals surface area contributed by atoms with Crippen LogP contribution in [0.1, 0.15) is 57.4 Å². The van der Waals surface area contributed by atoms with Crippen molar-refractivity contribution in [2.24, 2.45) is 0 Å². The molecule has 0 heterocycles. The first kappa shape index (κ1) is 24.3. The Hall–Kier alpha value is -0.750. The van der Waals surface area contributed by atoms with Crippen LogP contribution in [0.25, 0.3) is 0 Å². The van der Waals surface area contributed by atoms with Gasteiger partial charge in [-0.3, -0.25) is 4.79 Å². The highest BCUT2D eigenvalue weighted by molar-refractivity contribution is 7.80. The second-order valence-corrected chi connectivity index (χ2v) is 9.31. The largest absolute Gasteiger partial charge is 0.339 e. The molecular weight excluding hydrogens is 425 g/mol. The van der Waals surface area contributed by atoms with Gasteiger partial charge in [0.15, 0.2) is 5.11 Å². The minimum Gasteiger partial charge on any atom is -0.339 e. The van der Waals surface area contributed by atoms with Gasteiger partial charge < -0.3 is 16.0 Å². The number of aryl methyl sites for hydroxylation is 1. The van der Waals surface area contributed by atoms with Crippen LogP contribution < -0.4 is 16.0 Å². The lowest BCUT2D eigenvalue weighted by Gasteiger charge is -2.27. The van der Waals surface area contributed by atoms with Crippen molar-refractivity contribution in [1.82, 2.24) is 10.6 Å². The fourth-order valence-corrected chi connectivity index (χ4v) is 3.08. The molecule has 0 aliphatic heterocycles. The minimum absolute atomic E-state index is 0.173. The van der Waals surface area contributed by atoms with Gasteiger partial charge in [-0.15, -0.1) is 0 Å². The number of thiocarbonyl (C=S) groups is 1. The monoisotopic (exact) mass is 451 g/mol. The highest BCUT2D eigenvalue weighted by Crippen LogP contribution is 2.29. The molecule has 1 atom stereocenters. The standard InChI is InChI=1S/C19H28Cl3N3OS/c1-3-4-5-6-7-8-12-16(26)24-17(19(20,21)22)25-18(27)23-15-11-9-10-14(2)13-15/h9-11,13,17H,3-8,12H2,1-2H3,(H,24,26)(H2,23,25,27)/t17-/m0/s1. The maximum Gasteiger partial charge on any atom is 0.228 e. The van der Waals surface area contributed by atoms with Crippen LogP contribution in [0.3, 0.4) is 0 Å². The summed E-state index contributed by atoms with van der Waals surface area (Å²) < 4.78 is -1.74. The third-order valence-electron chi connectivity index (χ3n) is 3.94. The maximum absolute atomic E-state index is 12.2. The molecule has 1 amide bonds. The van der Waals surface area contributed by atoms with Gasteiger partial charge >= 0.3 is 0 Å². The average Bonchev–Trinajstić information content (AvgIpc) is 2.56. The maximum atomic E-state index is 12.2. The van der Waals surface area contributed by atoms with Crippen LogP contribution in [0, 0.1) is 6.92 Å². The molecule has 4 nitrogen and oxygen atoms in total. The molecule has 0 fully saturated rings. The molecular formula is C19H28Cl3N3OS. The molecule has 0 saturated carbocycles. The smallest absolute Gasteiger partial charge is 0.228 e. The zero-order valence-corrected chi connectivity index (χ0v) is 18.9. The van der Waals surface area contributed by atoms with Crippen molar-refractivity contribution in [2.75, 3.05) is 5.32 Å². The summed E-state index contributed by atoms with van der Waals surface area (Å²) in [7, 11) is 0. The molecule has 0 aliphatic rings. The summed E-state index contributed by atoms with van der Waals surface area (Å²) in [5.74, 6) is -0.173. The SMILES string of the molecule is CCCCCCCCC(=O)N[C@@H](NC(=S)Nc1cccc(C)c1)C(Cl)(Cl)Cl. The first-order chi connectivity index (χ1) is 12.7.